The van der Waals surface area contributed by atoms with Gasteiger partial charge in [0.1, 0.15) is 11.4 Å². The van der Waals surface area contributed by atoms with Gasteiger partial charge in [-0.1, -0.05) is 18.6 Å². The van der Waals surface area contributed by atoms with Crippen molar-refractivity contribution in [3.63, 3.8) is 0 Å². The molecule has 1 N–H and O–H groups in total. The van der Waals surface area contributed by atoms with Crippen LogP contribution < -0.4 is 0 Å². The Hall–Kier alpha value is -1.06. The molecule has 3 fully saturated rings. The highest BCUT2D eigenvalue weighted by atomic mass is 16.5. The fourth-order valence-corrected chi connectivity index (χ4v) is 4.98. The average Bonchev–Trinajstić information content (AvgIpc) is 3.31. The van der Waals surface area contributed by atoms with Gasteiger partial charge in [-0.05, 0) is 49.3 Å². The van der Waals surface area contributed by atoms with Crippen molar-refractivity contribution in [3.05, 3.63) is 29.8 Å². The number of methoxy groups -OCH3 is 1. The number of hydrogen-bond donors (Lipinski definition) is 1. The molecule has 22 heavy (non-hydrogen) atoms. The smallest absolute Gasteiger partial charge is 0.115 e. The molecule has 1 saturated heterocycles. The van der Waals surface area contributed by atoms with Gasteiger partial charge in [0.25, 0.3) is 0 Å². The highest BCUT2D eigenvalue weighted by Gasteiger charge is 2.53. The molecule has 0 aromatic heterocycles. The molecule has 0 amide bonds. The van der Waals surface area contributed by atoms with Crippen LogP contribution in [0.3, 0.4) is 0 Å². The Morgan fingerprint density at radius 1 is 1.09 bits per heavy atom. The summed E-state index contributed by atoms with van der Waals surface area (Å²) < 4.78 is 6.23. The van der Waals surface area contributed by atoms with Gasteiger partial charge in [0.2, 0.25) is 0 Å². The van der Waals surface area contributed by atoms with Crippen molar-refractivity contribution in [1.29, 1.82) is 0 Å². The molecule has 0 radical (unpaired) electrons. The quantitative estimate of drug-likeness (QED) is 0.925. The van der Waals surface area contributed by atoms with E-state index in [0.717, 1.165) is 5.92 Å². The van der Waals surface area contributed by atoms with Crippen molar-refractivity contribution in [2.45, 2.75) is 37.7 Å². The second-order valence-corrected chi connectivity index (χ2v) is 7.53. The first kappa shape index (κ1) is 14.5. The molecule has 0 unspecified atom stereocenters. The van der Waals surface area contributed by atoms with E-state index in [2.05, 4.69) is 17.0 Å². The van der Waals surface area contributed by atoms with Crippen LogP contribution in [0.1, 0.15) is 37.7 Å². The van der Waals surface area contributed by atoms with Gasteiger partial charge >= 0.3 is 0 Å². The third-order valence-electron chi connectivity index (χ3n) is 6.14. The van der Waals surface area contributed by atoms with Crippen molar-refractivity contribution in [3.8, 4) is 5.75 Å². The lowest BCUT2D eigenvalue weighted by molar-refractivity contribution is -0.169. The summed E-state index contributed by atoms with van der Waals surface area (Å²) in [7, 11) is 1.88. The second-order valence-electron chi connectivity index (χ2n) is 7.53. The number of ether oxygens (including phenoxy) is 1. The van der Waals surface area contributed by atoms with E-state index in [1.807, 2.05) is 19.2 Å². The Bertz CT molecular complexity index is 509. The number of piperidine rings is 1. The van der Waals surface area contributed by atoms with E-state index in [9.17, 15) is 5.11 Å². The number of fused-ring (bicyclic) bond motifs is 2. The van der Waals surface area contributed by atoms with E-state index in [1.54, 1.807) is 0 Å². The minimum absolute atomic E-state index is 0.147. The van der Waals surface area contributed by atoms with E-state index in [1.165, 1.54) is 57.3 Å². The van der Waals surface area contributed by atoms with Crippen LogP contribution in [0, 0.1) is 17.8 Å². The van der Waals surface area contributed by atoms with Gasteiger partial charge in [-0.25, -0.2) is 0 Å². The Morgan fingerprint density at radius 3 is 2.27 bits per heavy atom. The lowest BCUT2D eigenvalue weighted by Crippen LogP contribution is -2.59. The van der Waals surface area contributed by atoms with Crippen LogP contribution in [0.4, 0.5) is 0 Å². The highest BCUT2D eigenvalue weighted by Crippen LogP contribution is 2.52. The first-order valence-corrected chi connectivity index (χ1v) is 8.79. The molecular weight excluding hydrogens is 274 g/mol. The highest BCUT2D eigenvalue weighted by molar-refractivity contribution is 5.32. The summed E-state index contributed by atoms with van der Waals surface area (Å²) in [6.45, 7) is 3.63. The van der Waals surface area contributed by atoms with Gasteiger partial charge in [0, 0.05) is 38.6 Å². The summed E-state index contributed by atoms with van der Waals surface area (Å²) in [5.41, 5.74) is 1.11. The monoisotopic (exact) mass is 301 g/mol. The summed E-state index contributed by atoms with van der Waals surface area (Å²) in [4.78, 5) is 2.70. The SMILES string of the molecule is CO[C@@]1(c2ccc(O)cc2)[C@@H]2CCC[C@H]1CN(CC1CC1)C2. The second kappa shape index (κ2) is 5.54. The van der Waals surface area contributed by atoms with Gasteiger partial charge in [-0.15, -0.1) is 0 Å². The van der Waals surface area contributed by atoms with Crippen molar-refractivity contribution in [1.82, 2.24) is 4.90 Å². The molecule has 0 spiro atoms. The predicted octanol–water partition coefficient (Wildman–Crippen LogP) is 3.38. The van der Waals surface area contributed by atoms with Crippen molar-refractivity contribution >= 4 is 0 Å². The molecule has 2 bridgehead atoms. The molecule has 1 aromatic carbocycles. The summed E-state index contributed by atoms with van der Waals surface area (Å²) in [6.07, 6.45) is 6.70. The number of hydrogen-bond acceptors (Lipinski definition) is 3. The van der Waals surface area contributed by atoms with Gasteiger partial charge < -0.3 is 14.7 Å². The maximum atomic E-state index is 9.61. The molecule has 3 heteroatoms. The fourth-order valence-electron chi connectivity index (χ4n) is 4.98. The van der Waals surface area contributed by atoms with Gasteiger partial charge in [-0.3, -0.25) is 0 Å². The van der Waals surface area contributed by atoms with Crippen LogP contribution >= 0.6 is 0 Å². The first-order chi connectivity index (χ1) is 10.7. The lowest BCUT2D eigenvalue weighted by atomic mass is 9.62. The van der Waals surface area contributed by atoms with Crippen LogP contribution in [-0.4, -0.2) is 36.8 Å². The van der Waals surface area contributed by atoms with E-state index in [-0.39, 0.29) is 5.60 Å². The largest absolute Gasteiger partial charge is 0.508 e. The number of phenols is 1. The molecule has 3 atom stereocenters. The summed E-state index contributed by atoms with van der Waals surface area (Å²) in [5.74, 6) is 2.46. The Balaban J connectivity index is 1.64. The number of aromatic hydroxyl groups is 1. The Morgan fingerprint density at radius 2 is 1.73 bits per heavy atom. The molecule has 2 aliphatic carbocycles. The lowest BCUT2D eigenvalue weighted by Gasteiger charge is -2.55. The molecular formula is C19H27NO2. The maximum Gasteiger partial charge on any atom is 0.115 e. The number of rotatable bonds is 4. The Kier molecular flexibility index (Phi) is 3.66. The van der Waals surface area contributed by atoms with E-state index in [4.69, 9.17) is 4.74 Å². The Labute approximate surface area is 133 Å². The third-order valence-corrected chi connectivity index (χ3v) is 6.14. The summed E-state index contributed by atoms with van der Waals surface area (Å²) in [6, 6.07) is 7.76. The summed E-state index contributed by atoms with van der Waals surface area (Å²) in [5, 5.41) is 9.61. The van der Waals surface area contributed by atoms with Gasteiger partial charge in [0.15, 0.2) is 0 Å². The number of phenolic OH excluding ortho intramolecular Hbond substituents is 1. The van der Waals surface area contributed by atoms with E-state index >= 15 is 0 Å². The molecule has 3 nitrogen and oxygen atoms in total. The molecule has 2 saturated carbocycles. The molecule has 3 aliphatic rings. The van der Waals surface area contributed by atoms with Crippen molar-refractivity contribution in [2.24, 2.45) is 17.8 Å². The van der Waals surface area contributed by atoms with Crippen LogP contribution in [0.5, 0.6) is 5.75 Å². The maximum absolute atomic E-state index is 9.61. The third kappa shape index (κ3) is 2.35. The molecule has 4 rings (SSSR count). The zero-order chi connectivity index (χ0) is 15.2. The minimum atomic E-state index is -0.147. The molecule has 120 valence electrons. The van der Waals surface area contributed by atoms with E-state index < -0.39 is 0 Å². The molecule has 1 aliphatic heterocycles. The summed E-state index contributed by atoms with van der Waals surface area (Å²) >= 11 is 0. The van der Waals surface area contributed by atoms with Crippen molar-refractivity contribution < 1.29 is 9.84 Å². The number of nitrogens with zero attached hydrogens (tertiary/aromatic N) is 1. The standard InChI is InChI=1S/C19H27NO2/c1-22-19(15-7-9-18(21)10-8-15)16-3-2-4-17(19)13-20(12-16)11-14-5-6-14/h7-10,14,16-17,21H,2-6,11-13H2,1H3/t16-,17+,19+. The predicted molar refractivity (Wildman–Crippen MR) is 86.8 cm³/mol. The normalized spacial score (nSPS) is 35.5. The van der Waals surface area contributed by atoms with Gasteiger partial charge in [0.05, 0.1) is 0 Å². The molecule has 1 heterocycles. The zero-order valence-corrected chi connectivity index (χ0v) is 13.5. The van der Waals surface area contributed by atoms with Crippen LogP contribution in [0.2, 0.25) is 0 Å². The molecule has 1 aromatic rings. The zero-order valence-electron chi connectivity index (χ0n) is 13.5. The number of benzene rings is 1. The van der Waals surface area contributed by atoms with Crippen LogP contribution in [-0.2, 0) is 10.3 Å². The number of likely N-dealkylation sites (tertiary alicyclic amines) is 1. The first-order valence-electron chi connectivity index (χ1n) is 8.79. The van der Waals surface area contributed by atoms with Crippen molar-refractivity contribution in [2.75, 3.05) is 26.7 Å². The minimum Gasteiger partial charge on any atom is -0.508 e. The topological polar surface area (TPSA) is 32.7 Å². The van der Waals surface area contributed by atoms with Crippen LogP contribution in [0.15, 0.2) is 24.3 Å². The van der Waals surface area contributed by atoms with Gasteiger partial charge in [-0.2, -0.15) is 0 Å². The fraction of sp³-hybridized carbons (Fsp3) is 0.684. The van der Waals surface area contributed by atoms with E-state index in [0.29, 0.717) is 17.6 Å². The van der Waals surface area contributed by atoms with Crippen LogP contribution in [0.25, 0.3) is 0 Å². The average molecular weight is 301 g/mol.